The van der Waals surface area contributed by atoms with Crippen molar-refractivity contribution in [1.29, 1.82) is 0 Å². The van der Waals surface area contributed by atoms with Crippen LogP contribution < -0.4 is 10.9 Å². The van der Waals surface area contributed by atoms with Crippen LogP contribution in [0.3, 0.4) is 0 Å². The minimum Gasteiger partial charge on any atom is -0.351 e. The molecule has 0 bridgehead atoms. The highest BCUT2D eigenvalue weighted by molar-refractivity contribution is 7.99. The van der Waals surface area contributed by atoms with Crippen molar-refractivity contribution in [3.05, 3.63) is 100 Å². The largest absolute Gasteiger partial charge is 0.351 e. The number of aryl methyl sites for hydroxylation is 1. The van der Waals surface area contributed by atoms with Crippen LogP contribution in [0.1, 0.15) is 11.1 Å². The van der Waals surface area contributed by atoms with E-state index in [-0.39, 0.29) is 17.2 Å². The van der Waals surface area contributed by atoms with Gasteiger partial charge in [0, 0.05) is 17.4 Å². The van der Waals surface area contributed by atoms with Crippen LogP contribution in [-0.4, -0.2) is 26.2 Å². The quantitative estimate of drug-likeness (QED) is 0.291. The molecule has 1 amide bonds. The molecule has 2 aromatic heterocycles. The van der Waals surface area contributed by atoms with Crippen LogP contribution in [0.15, 0.2) is 88.8 Å². The molecule has 0 saturated heterocycles. The van der Waals surface area contributed by atoms with Gasteiger partial charge in [0.1, 0.15) is 11.0 Å². The first-order valence-electron chi connectivity index (χ1n) is 10.6. The highest BCUT2D eigenvalue weighted by Crippen LogP contribution is 2.26. The number of H-pyrrole nitrogens is 1. The Morgan fingerprint density at radius 1 is 1.00 bits per heavy atom. The first-order valence-corrected chi connectivity index (χ1v) is 11.6. The van der Waals surface area contributed by atoms with E-state index in [0.717, 1.165) is 22.0 Å². The number of aromatic nitrogens is 3. The lowest BCUT2D eigenvalue weighted by Gasteiger charge is -2.12. The number of para-hydroxylation sites is 1. The fourth-order valence-electron chi connectivity index (χ4n) is 3.74. The number of aromatic amines is 1. The predicted octanol–water partition coefficient (Wildman–Crippen LogP) is 4.58. The van der Waals surface area contributed by atoms with Crippen LogP contribution in [0.25, 0.3) is 27.6 Å². The van der Waals surface area contributed by atoms with Crippen molar-refractivity contribution >= 4 is 39.6 Å². The first-order chi connectivity index (χ1) is 16.1. The standard InChI is InChI=1S/C26H22N4O2S/c1-17-11-13-19(14-12-17)30-25(32)24-23(20-9-5-6-10-21(20)28-24)29-26(30)33-16-22(31)27-15-18-7-3-2-4-8-18/h2-14,28H,15-16H2,1H3,(H,27,31). The minimum absolute atomic E-state index is 0.118. The Morgan fingerprint density at radius 2 is 1.73 bits per heavy atom. The maximum atomic E-state index is 13.5. The number of benzene rings is 3. The lowest BCUT2D eigenvalue weighted by Crippen LogP contribution is -2.26. The summed E-state index contributed by atoms with van der Waals surface area (Å²) in [6.07, 6.45) is 0. The fourth-order valence-corrected chi connectivity index (χ4v) is 4.57. The molecular formula is C26H22N4O2S. The van der Waals surface area contributed by atoms with E-state index < -0.39 is 0 Å². The van der Waals surface area contributed by atoms with E-state index in [1.165, 1.54) is 11.8 Å². The Morgan fingerprint density at radius 3 is 2.52 bits per heavy atom. The van der Waals surface area contributed by atoms with Crippen LogP contribution in [0.4, 0.5) is 0 Å². The van der Waals surface area contributed by atoms with E-state index >= 15 is 0 Å². The molecule has 33 heavy (non-hydrogen) atoms. The lowest BCUT2D eigenvalue weighted by atomic mass is 10.2. The van der Waals surface area contributed by atoms with Gasteiger partial charge in [0.25, 0.3) is 5.56 Å². The first kappa shape index (κ1) is 21.0. The van der Waals surface area contributed by atoms with Gasteiger partial charge in [-0.2, -0.15) is 0 Å². The molecule has 0 saturated carbocycles. The van der Waals surface area contributed by atoms with Gasteiger partial charge in [0.2, 0.25) is 5.91 Å². The number of nitrogens with zero attached hydrogens (tertiary/aromatic N) is 2. The highest BCUT2D eigenvalue weighted by atomic mass is 32.2. The summed E-state index contributed by atoms with van der Waals surface area (Å²) in [5.74, 6) is 0.0338. The summed E-state index contributed by atoms with van der Waals surface area (Å²) in [6, 6.07) is 25.2. The minimum atomic E-state index is -0.188. The van der Waals surface area contributed by atoms with E-state index in [1.54, 1.807) is 4.57 Å². The number of carbonyl (C=O) groups excluding carboxylic acids is 1. The zero-order chi connectivity index (χ0) is 22.8. The third-order valence-electron chi connectivity index (χ3n) is 5.45. The van der Waals surface area contributed by atoms with Crippen molar-refractivity contribution in [2.24, 2.45) is 0 Å². The summed E-state index contributed by atoms with van der Waals surface area (Å²) in [7, 11) is 0. The molecule has 3 aromatic carbocycles. The number of hydrogen-bond acceptors (Lipinski definition) is 4. The Hall–Kier alpha value is -3.84. The normalized spacial score (nSPS) is 11.2. The van der Waals surface area contributed by atoms with E-state index in [4.69, 9.17) is 4.98 Å². The van der Waals surface area contributed by atoms with Gasteiger partial charge >= 0.3 is 0 Å². The molecule has 2 heterocycles. The fraction of sp³-hybridized carbons (Fsp3) is 0.115. The van der Waals surface area contributed by atoms with Crippen LogP contribution in [-0.2, 0) is 11.3 Å². The number of fused-ring (bicyclic) bond motifs is 3. The van der Waals surface area contributed by atoms with Gasteiger partial charge in [0.15, 0.2) is 5.16 Å². The SMILES string of the molecule is Cc1ccc(-n2c(SCC(=O)NCc3ccccc3)nc3c([nH]c4ccccc43)c2=O)cc1. The van der Waals surface area contributed by atoms with Crippen molar-refractivity contribution in [2.45, 2.75) is 18.6 Å². The molecule has 164 valence electrons. The van der Waals surface area contributed by atoms with Gasteiger partial charge in [-0.3, -0.25) is 14.2 Å². The van der Waals surface area contributed by atoms with Gasteiger partial charge in [-0.25, -0.2) is 4.98 Å². The third-order valence-corrected chi connectivity index (χ3v) is 6.39. The van der Waals surface area contributed by atoms with Crippen molar-refractivity contribution in [1.82, 2.24) is 19.9 Å². The van der Waals surface area contributed by atoms with Crippen LogP contribution in [0.5, 0.6) is 0 Å². The number of hydrogen-bond donors (Lipinski definition) is 2. The molecule has 0 aliphatic heterocycles. The van der Waals surface area contributed by atoms with Gasteiger partial charge in [0.05, 0.1) is 11.4 Å². The summed E-state index contributed by atoms with van der Waals surface area (Å²) in [5, 5.41) is 4.30. The smallest absolute Gasteiger partial charge is 0.283 e. The molecule has 0 radical (unpaired) electrons. The van der Waals surface area contributed by atoms with Crippen molar-refractivity contribution in [3.8, 4) is 5.69 Å². The predicted molar refractivity (Wildman–Crippen MR) is 133 cm³/mol. The Bertz CT molecular complexity index is 1510. The molecule has 2 N–H and O–H groups in total. The van der Waals surface area contributed by atoms with Crippen molar-refractivity contribution < 1.29 is 4.79 Å². The molecule has 0 unspecified atom stereocenters. The molecule has 0 fully saturated rings. The maximum absolute atomic E-state index is 13.5. The molecule has 0 aliphatic rings. The molecule has 0 atom stereocenters. The highest BCUT2D eigenvalue weighted by Gasteiger charge is 2.18. The topological polar surface area (TPSA) is 79.8 Å². The molecule has 0 spiro atoms. The molecular weight excluding hydrogens is 432 g/mol. The Balaban J connectivity index is 1.51. The van der Waals surface area contributed by atoms with E-state index in [0.29, 0.717) is 28.4 Å². The maximum Gasteiger partial charge on any atom is 0.283 e. The van der Waals surface area contributed by atoms with Gasteiger partial charge in [-0.15, -0.1) is 0 Å². The van der Waals surface area contributed by atoms with E-state index in [9.17, 15) is 9.59 Å². The number of thioether (sulfide) groups is 1. The second-order valence-electron chi connectivity index (χ2n) is 7.82. The summed E-state index contributed by atoms with van der Waals surface area (Å²) in [5.41, 5.74) is 4.58. The summed E-state index contributed by atoms with van der Waals surface area (Å²) in [4.78, 5) is 34.1. The molecule has 6 nitrogen and oxygen atoms in total. The number of amides is 1. The van der Waals surface area contributed by atoms with Gasteiger partial charge in [-0.05, 0) is 30.7 Å². The Labute approximate surface area is 194 Å². The van der Waals surface area contributed by atoms with E-state index in [2.05, 4.69) is 10.3 Å². The van der Waals surface area contributed by atoms with Crippen LogP contribution in [0.2, 0.25) is 0 Å². The van der Waals surface area contributed by atoms with Crippen LogP contribution in [0, 0.1) is 6.92 Å². The summed E-state index contributed by atoms with van der Waals surface area (Å²) in [6.45, 7) is 2.46. The second kappa shape index (κ2) is 8.96. The number of rotatable bonds is 6. The zero-order valence-electron chi connectivity index (χ0n) is 18.0. The Kier molecular flexibility index (Phi) is 5.71. The second-order valence-corrected chi connectivity index (χ2v) is 8.76. The third kappa shape index (κ3) is 4.27. The van der Waals surface area contributed by atoms with Gasteiger partial charge in [-0.1, -0.05) is 78.0 Å². The number of carbonyl (C=O) groups is 1. The molecule has 0 aliphatic carbocycles. The van der Waals surface area contributed by atoms with Gasteiger partial charge < -0.3 is 10.3 Å². The van der Waals surface area contributed by atoms with E-state index in [1.807, 2.05) is 85.8 Å². The van der Waals surface area contributed by atoms with Crippen molar-refractivity contribution in [3.63, 3.8) is 0 Å². The van der Waals surface area contributed by atoms with Crippen LogP contribution >= 0.6 is 11.8 Å². The number of nitrogens with one attached hydrogen (secondary N) is 2. The van der Waals surface area contributed by atoms with Crippen molar-refractivity contribution in [2.75, 3.05) is 5.75 Å². The summed E-state index contributed by atoms with van der Waals surface area (Å²) < 4.78 is 1.58. The molecule has 5 rings (SSSR count). The molecule has 7 heteroatoms. The zero-order valence-corrected chi connectivity index (χ0v) is 18.9. The average molecular weight is 455 g/mol. The molecule has 5 aromatic rings. The lowest BCUT2D eigenvalue weighted by molar-refractivity contribution is -0.118. The monoisotopic (exact) mass is 454 g/mol. The summed E-state index contributed by atoms with van der Waals surface area (Å²) >= 11 is 1.26. The average Bonchev–Trinajstić information content (AvgIpc) is 3.22.